The summed E-state index contributed by atoms with van der Waals surface area (Å²) in [6.45, 7) is 3.63. The van der Waals surface area contributed by atoms with Gasteiger partial charge in [0.15, 0.2) is 5.11 Å². The van der Waals surface area contributed by atoms with Gasteiger partial charge in [0, 0.05) is 36.1 Å². The van der Waals surface area contributed by atoms with Gasteiger partial charge in [0.1, 0.15) is 0 Å². The molecule has 3 aromatic rings. The van der Waals surface area contributed by atoms with Gasteiger partial charge in [0.25, 0.3) is 0 Å². The largest absolute Gasteiger partial charge is 0.363 e. The monoisotopic (exact) mass is 323 g/mol. The Bertz CT molecular complexity index is 779. The van der Waals surface area contributed by atoms with Crippen LogP contribution in [0.3, 0.4) is 0 Å². The third-order valence-corrected chi connectivity index (χ3v) is 4.29. The molecule has 1 aromatic heterocycles. The number of thiocarbonyl (C=S) groups is 1. The second-order valence-corrected chi connectivity index (χ2v) is 5.90. The van der Waals surface area contributed by atoms with E-state index < -0.39 is 0 Å². The minimum Gasteiger partial charge on any atom is -0.363 e. The number of rotatable bonds is 5. The maximum absolute atomic E-state index is 5.32. The van der Waals surface area contributed by atoms with Gasteiger partial charge in [-0.3, -0.25) is 0 Å². The lowest BCUT2D eigenvalue weighted by molar-refractivity contribution is 0.748. The minimum absolute atomic E-state index is 0.240. The molecular weight excluding hydrogens is 302 g/mol. The van der Waals surface area contributed by atoms with Crippen molar-refractivity contribution in [2.24, 2.45) is 0 Å². The Kier molecular flexibility index (Phi) is 4.93. The zero-order chi connectivity index (χ0) is 16.1. The lowest BCUT2D eigenvalue weighted by Crippen LogP contribution is -2.37. The summed E-state index contributed by atoms with van der Waals surface area (Å²) in [5.41, 5.74) is 3.74. The van der Waals surface area contributed by atoms with Gasteiger partial charge in [0.2, 0.25) is 0 Å². The molecular formula is C19H21N3S. The van der Waals surface area contributed by atoms with E-state index >= 15 is 0 Å². The first-order valence-corrected chi connectivity index (χ1v) is 8.33. The Balaban J connectivity index is 1.93. The van der Waals surface area contributed by atoms with Crippen LogP contribution < -0.4 is 10.6 Å². The molecule has 0 aliphatic heterocycles. The highest BCUT2D eigenvalue weighted by Crippen LogP contribution is 2.30. The molecule has 23 heavy (non-hydrogen) atoms. The molecule has 0 saturated carbocycles. The molecule has 118 valence electrons. The molecule has 1 atom stereocenters. The molecule has 0 spiro atoms. The predicted molar refractivity (Wildman–Crippen MR) is 101 cm³/mol. The van der Waals surface area contributed by atoms with E-state index in [1.54, 1.807) is 0 Å². The van der Waals surface area contributed by atoms with Gasteiger partial charge in [-0.2, -0.15) is 0 Å². The summed E-state index contributed by atoms with van der Waals surface area (Å²) in [6.07, 6.45) is 2.11. The van der Waals surface area contributed by atoms with Crippen molar-refractivity contribution in [3.8, 4) is 0 Å². The molecule has 0 radical (unpaired) electrons. The van der Waals surface area contributed by atoms with Crippen molar-refractivity contribution in [2.75, 3.05) is 13.1 Å². The van der Waals surface area contributed by atoms with Crippen molar-refractivity contribution < 1.29 is 0 Å². The molecule has 0 saturated heterocycles. The highest BCUT2D eigenvalue weighted by atomic mass is 32.1. The van der Waals surface area contributed by atoms with E-state index in [4.69, 9.17) is 12.2 Å². The second-order valence-electron chi connectivity index (χ2n) is 5.49. The molecule has 3 N–H and O–H groups in total. The summed E-state index contributed by atoms with van der Waals surface area (Å²) < 4.78 is 0. The average molecular weight is 323 g/mol. The average Bonchev–Trinajstić information content (AvgIpc) is 3.00. The normalized spacial score (nSPS) is 12.0. The summed E-state index contributed by atoms with van der Waals surface area (Å²) in [5, 5.41) is 8.45. The minimum atomic E-state index is 0.240. The van der Waals surface area contributed by atoms with Crippen molar-refractivity contribution >= 4 is 28.2 Å². The quantitative estimate of drug-likeness (QED) is 0.626. The number of aromatic nitrogens is 1. The highest BCUT2D eigenvalue weighted by Gasteiger charge is 2.18. The van der Waals surface area contributed by atoms with E-state index in [0.717, 1.165) is 18.6 Å². The van der Waals surface area contributed by atoms with Gasteiger partial charge in [0.05, 0.1) is 0 Å². The van der Waals surface area contributed by atoms with Gasteiger partial charge in [-0.15, -0.1) is 0 Å². The summed E-state index contributed by atoms with van der Waals surface area (Å²) in [6, 6.07) is 19.0. The van der Waals surface area contributed by atoms with Gasteiger partial charge in [-0.25, -0.2) is 0 Å². The van der Waals surface area contributed by atoms with Crippen molar-refractivity contribution in [3.63, 3.8) is 0 Å². The fourth-order valence-corrected chi connectivity index (χ4v) is 3.12. The van der Waals surface area contributed by atoms with Crippen LogP contribution in [0.1, 0.15) is 24.0 Å². The summed E-state index contributed by atoms with van der Waals surface area (Å²) in [7, 11) is 0. The van der Waals surface area contributed by atoms with Crippen LogP contribution in [0.5, 0.6) is 0 Å². The van der Waals surface area contributed by atoms with Crippen molar-refractivity contribution in [3.05, 3.63) is 71.9 Å². The second kappa shape index (κ2) is 7.29. The summed E-state index contributed by atoms with van der Waals surface area (Å²) in [4.78, 5) is 3.37. The van der Waals surface area contributed by atoms with Crippen LogP contribution in [0.2, 0.25) is 0 Å². The Hall–Kier alpha value is -2.33. The number of nitrogens with one attached hydrogen (secondary N) is 3. The molecule has 0 fully saturated rings. The molecule has 0 amide bonds. The lowest BCUT2D eigenvalue weighted by Gasteiger charge is -2.19. The fraction of sp³-hybridized carbons (Fsp3) is 0.211. The van der Waals surface area contributed by atoms with E-state index in [9.17, 15) is 0 Å². The van der Waals surface area contributed by atoms with Crippen molar-refractivity contribution in [1.82, 2.24) is 15.6 Å². The highest BCUT2D eigenvalue weighted by molar-refractivity contribution is 7.80. The zero-order valence-electron chi connectivity index (χ0n) is 13.2. The number of hydrogen-bond donors (Lipinski definition) is 3. The van der Waals surface area contributed by atoms with E-state index in [-0.39, 0.29) is 5.92 Å². The first-order valence-electron chi connectivity index (χ1n) is 7.92. The Morgan fingerprint density at radius 3 is 2.57 bits per heavy atom. The maximum Gasteiger partial charge on any atom is 0.166 e. The third kappa shape index (κ3) is 3.54. The predicted octanol–water partition coefficient (Wildman–Crippen LogP) is 3.78. The van der Waals surface area contributed by atoms with E-state index in [1.165, 1.54) is 16.5 Å². The van der Waals surface area contributed by atoms with Crippen LogP contribution in [0.4, 0.5) is 0 Å². The van der Waals surface area contributed by atoms with E-state index in [1.807, 2.05) is 13.0 Å². The molecule has 1 heterocycles. The fourth-order valence-electron chi connectivity index (χ4n) is 2.89. The van der Waals surface area contributed by atoms with Crippen LogP contribution >= 0.6 is 12.2 Å². The van der Waals surface area contributed by atoms with Crippen LogP contribution in [-0.4, -0.2) is 23.2 Å². The maximum atomic E-state index is 5.32. The number of aromatic amines is 1. The number of H-pyrrole nitrogens is 1. The topological polar surface area (TPSA) is 39.8 Å². The number of para-hydroxylation sites is 1. The van der Waals surface area contributed by atoms with E-state index in [0.29, 0.717) is 5.11 Å². The van der Waals surface area contributed by atoms with Gasteiger partial charge in [-0.1, -0.05) is 48.5 Å². The summed E-state index contributed by atoms with van der Waals surface area (Å²) >= 11 is 5.32. The van der Waals surface area contributed by atoms with Crippen LogP contribution in [0.25, 0.3) is 10.9 Å². The molecule has 0 bridgehead atoms. The van der Waals surface area contributed by atoms with E-state index in [2.05, 4.69) is 70.3 Å². The number of fused-ring (bicyclic) bond motifs is 1. The van der Waals surface area contributed by atoms with Gasteiger partial charge >= 0.3 is 0 Å². The van der Waals surface area contributed by atoms with Crippen LogP contribution in [0, 0.1) is 0 Å². The van der Waals surface area contributed by atoms with Crippen molar-refractivity contribution in [2.45, 2.75) is 12.8 Å². The number of benzene rings is 2. The number of hydrogen-bond acceptors (Lipinski definition) is 1. The SMILES string of the molecule is CCNC(=S)NC[C@H](c1ccccc1)c1c[nH]c2ccccc12. The Labute approximate surface area is 142 Å². The standard InChI is InChI=1S/C19H21N3S/c1-2-20-19(23)22-12-16(14-8-4-3-5-9-14)17-13-21-18-11-7-6-10-15(17)18/h3-11,13,16,21H,2,12H2,1H3,(H2,20,22,23)/t16-/m1/s1. The molecule has 0 unspecified atom stereocenters. The first-order chi connectivity index (χ1) is 11.3. The zero-order valence-corrected chi connectivity index (χ0v) is 14.0. The molecule has 0 aliphatic rings. The molecule has 3 nitrogen and oxygen atoms in total. The molecule has 2 aromatic carbocycles. The van der Waals surface area contributed by atoms with Gasteiger partial charge < -0.3 is 15.6 Å². The Morgan fingerprint density at radius 2 is 1.78 bits per heavy atom. The smallest absolute Gasteiger partial charge is 0.166 e. The van der Waals surface area contributed by atoms with Gasteiger partial charge in [-0.05, 0) is 36.3 Å². The van der Waals surface area contributed by atoms with Crippen molar-refractivity contribution in [1.29, 1.82) is 0 Å². The first kappa shape index (κ1) is 15.6. The molecule has 0 aliphatic carbocycles. The Morgan fingerprint density at radius 1 is 1.04 bits per heavy atom. The summed E-state index contributed by atoms with van der Waals surface area (Å²) in [5.74, 6) is 0.240. The third-order valence-electron chi connectivity index (χ3n) is 4.00. The van der Waals surface area contributed by atoms with Crippen LogP contribution in [-0.2, 0) is 0 Å². The van der Waals surface area contributed by atoms with Crippen LogP contribution in [0.15, 0.2) is 60.8 Å². The lowest BCUT2D eigenvalue weighted by atomic mass is 9.91. The molecule has 3 rings (SSSR count). The molecule has 4 heteroatoms.